The number of ketones is 1. The molecular weight excluding hydrogens is 304 g/mol. The van der Waals surface area contributed by atoms with Gasteiger partial charge < -0.3 is 0 Å². The summed E-state index contributed by atoms with van der Waals surface area (Å²) in [4.78, 5) is 13.0. The van der Waals surface area contributed by atoms with Crippen molar-refractivity contribution in [3.8, 4) is 0 Å². The molecule has 1 aromatic heterocycles. The molecule has 0 bridgehead atoms. The van der Waals surface area contributed by atoms with E-state index in [-0.39, 0.29) is 17.0 Å². The molecule has 1 aliphatic carbocycles. The van der Waals surface area contributed by atoms with Crippen molar-refractivity contribution in [1.29, 1.82) is 0 Å². The molecule has 0 saturated heterocycles. The van der Waals surface area contributed by atoms with Gasteiger partial charge in [-0.1, -0.05) is 18.0 Å². The first-order valence-electron chi connectivity index (χ1n) is 6.27. The van der Waals surface area contributed by atoms with Crippen LogP contribution < -0.4 is 0 Å². The minimum absolute atomic E-state index is 0.0106. The van der Waals surface area contributed by atoms with Gasteiger partial charge in [-0.2, -0.15) is 0 Å². The van der Waals surface area contributed by atoms with Gasteiger partial charge in [-0.25, -0.2) is 8.42 Å². The minimum atomic E-state index is -3.06. The number of aryl methyl sites for hydroxylation is 1. The Balaban J connectivity index is 2.18. The van der Waals surface area contributed by atoms with Gasteiger partial charge in [0, 0.05) is 12.2 Å². The molecule has 1 aromatic rings. The Morgan fingerprint density at radius 3 is 2.63 bits per heavy atom. The van der Waals surface area contributed by atoms with Gasteiger partial charge in [-0.05, 0) is 37.1 Å². The smallest absolute Gasteiger partial charge is 0.177 e. The highest BCUT2D eigenvalue weighted by Crippen LogP contribution is 2.35. The van der Waals surface area contributed by atoms with Crippen molar-refractivity contribution >= 4 is 38.6 Å². The minimum Gasteiger partial charge on any atom is -0.293 e. The van der Waals surface area contributed by atoms with Crippen molar-refractivity contribution in [1.82, 2.24) is 0 Å². The van der Waals surface area contributed by atoms with Crippen molar-refractivity contribution in [3.05, 3.63) is 20.8 Å². The first kappa shape index (κ1) is 15.0. The monoisotopic (exact) mass is 320 g/mol. The Morgan fingerprint density at radius 1 is 1.42 bits per heavy atom. The van der Waals surface area contributed by atoms with Crippen molar-refractivity contribution in [2.24, 2.45) is 5.92 Å². The largest absolute Gasteiger partial charge is 0.293 e. The Kier molecular flexibility index (Phi) is 4.38. The first-order valence-corrected chi connectivity index (χ1v) is 9.48. The summed E-state index contributed by atoms with van der Waals surface area (Å²) >= 11 is 7.48. The summed E-state index contributed by atoms with van der Waals surface area (Å²) in [6.45, 7) is 1.87. The molecule has 6 heteroatoms. The van der Waals surface area contributed by atoms with E-state index in [0.29, 0.717) is 22.7 Å². The molecule has 2 rings (SSSR count). The summed E-state index contributed by atoms with van der Waals surface area (Å²) in [5.74, 6) is -0.194. The van der Waals surface area contributed by atoms with Crippen LogP contribution >= 0.6 is 22.9 Å². The fraction of sp³-hybridized carbons (Fsp3) is 0.615. The van der Waals surface area contributed by atoms with Gasteiger partial charge >= 0.3 is 0 Å². The van der Waals surface area contributed by atoms with Crippen LogP contribution in [0.4, 0.5) is 0 Å². The van der Waals surface area contributed by atoms with Crippen LogP contribution in [0.15, 0.2) is 5.38 Å². The number of Topliss-reactive ketones (excluding diaryl/α,β-unsaturated/α-hetero) is 1. The highest BCUT2D eigenvalue weighted by molar-refractivity contribution is 7.91. The molecule has 0 aliphatic heterocycles. The van der Waals surface area contributed by atoms with Gasteiger partial charge in [0.05, 0.1) is 15.1 Å². The van der Waals surface area contributed by atoms with E-state index in [2.05, 4.69) is 0 Å². The number of carbonyl (C=O) groups is 1. The molecule has 2 unspecified atom stereocenters. The van der Waals surface area contributed by atoms with Crippen LogP contribution in [0.2, 0.25) is 5.02 Å². The van der Waals surface area contributed by atoms with Gasteiger partial charge in [-0.15, -0.1) is 11.3 Å². The maximum absolute atomic E-state index is 12.4. The average molecular weight is 321 g/mol. The van der Waals surface area contributed by atoms with Crippen LogP contribution in [0.3, 0.4) is 0 Å². The lowest BCUT2D eigenvalue weighted by Crippen LogP contribution is -2.31. The zero-order chi connectivity index (χ0) is 14.2. The molecule has 0 spiro atoms. The van der Waals surface area contributed by atoms with Gasteiger partial charge in [0.2, 0.25) is 0 Å². The van der Waals surface area contributed by atoms with E-state index < -0.39 is 9.84 Å². The number of rotatable bonds is 3. The second-order valence-electron chi connectivity index (χ2n) is 5.24. The van der Waals surface area contributed by atoms with Crippen molar-refractivity contribution < 1.29 is 13.2 Å². The highest BCUT2D eigenvalue weighted by Gasteiger charge is 2.34. The molecule has 1 fully saturated rings. The van der Waals surface area contributed by atoms with Crippen LogP contribution in [0.25, 0.3) is 0 Å². The number of halogens is 1. The van der Waals surface area contributed by atoms with Gasteiger partial charge in [0.1, 0.15) is 9.84 Å². The fourth-order valence-electron chi connectivity index (χ4n) is 2.55. The lowest BCUT2D eigenvalue weighted by molar-refractivity contribution is 0.0895. The third kappa shape index (κ3) is 3.20. The van der Waals surface area contributed by atoms with Crippen molar-refractivity contribution in [2.75, 3.05) is 6.26 Å². The number of carbonyl (C=O) groups excluding carboxylic acids is 1. The zero-order valence-corrected chi connectivity index (χ0v) is 13.4. The second kappa shape index (κ2) is 5.54. The maximum Gasteiger partial charge on any atom is 0.177 e. The first-order chi connectivity index (χ1) is 8.80. The average Bonchev–Trinajstić information content (AvgIpc) is 2.68. The van der Waals surface area contributed by atoms with E-state index in [1.54, 1.807) is 0 Å². The Bertz CT molecular complexity index is 589. The Labute approximate surface area is 122 Å². The highest BCUT2D eigenvalue weighted by atomic mass is 35.5. The van der Waals surface area contributed by atoms with Gasteiger partial charge in [-0.3, -0.25) is 4.79 Å². The summed E-state index contributed by atoms with van der Waals surface area (Å²) in [6, 6.07) is 0. The van der Waals surface area contributed by atoms with Crippen LogP contribution in [0.1, 0.15) is 40.9 Å². The molecule has 1 saturated carbocycles. The molecule has 1 heterocycles. The molecule has 0 aromatic carbocycles. The fourth-order valence-corrected chi connectivity index (χ4v) is 5.04. The van der Waals surface area contributed by atoms with Crippen molar-refractivity contribution in [2.45, 2.75) is 37.9 Å². The normalized spacial score (nSPS) is 24.4. The molecule has 0 radical (unpaired) electrons. The van der Waals surface area contributed by atoms with Crippen LogP contribution in [-0.4, -0.2) is 25.7 Å². The maximum atomic E-state index is 12.4. The van der Waals surface area contributed by atoms with E-state index in [9.17, 15) is 13.2 Å². The Hall–Kier alpha value is -0.390. The standard InChI is InChI=1S/C13H17ClO3S2/c1-8-7-18-13(11(8)14)12(15)9-4-3-5-10(6-9)19(2,16)17/h7,9-10H,3-6H2,1-2H3. The SMILES string of the molecule is Cc1csc(C(=O)C2CCCC(S(C)(=O)=O)C2)c1Cl. The molecule has 19 heavy (non-hydrogen) atoms. The molecular formula is C13H17ClO3S2. The summed E-state index contributed by atoms with van der Waals surface area (Å²) in [5, 5.41) is 2.01. The second-order valence-corrected chi connectivity index (χ2v) is 8.82. The lowest BCUT2D eigenvalue weighted by atomic mass is 9.85. The summed E-state index contributed by atoms with van der Waals surface area (Å²) in [6.07, 6.45) is 3.91. The number of sulfone groups is 1. The molecule has 2 atom stereocenters. The number of thiophene rings is 1. The number of hydrogen-bond acceptors (Lipinski definition) is 4. The lowest BCUT2D eigenvalue weighted by Gasteiger charge is -2.26. The summed E-state index contributed by atoms with van der Waals surface area (Å²) < 4.78 is 23.3. The molecule has 0 N–H and O–H groups in total. The Morgan fingerprint density at radius 2 is 2.11 bits per heavy atom. The van der Waals surface area contributed by atoms with Crippen LogP contribution in [-0.2, 0) is 9.84 Å². The van der Waals surface area contributed by atoms with Gasteiger partial charge in [0.15, 0.2) is 5.78 Å². The predicted molar refractivity (Wildman–Crippen MR) is 79.0 cm³/mol. The van der Waals surface area contributed by atoms with Crippen LogP contribution in [0, 0.1) is 12.8 Å². The number of hydrogen-bond donors (Lipinski definition) is 0. The van der Waals surface area contributed by atoms with Crippen LogP contribution in [0.5, 0.6) is 0 Å². The van der Waals surface area contributed by atoms with E-state index >= 15 is 0 Å². The molecule has 106 valence electrons. The third-order valence-electron chi connectivity index (χ3n) is 3.73. The summed E-state index contributed by atoms with van der Waals surface area (Å²) in [7, 11) is -3.06. The van der Waals surface area contributed by atoms with Crippen molar-refractivity contribution in [3.63, 3.8) is 0 Å². The van der Waals surface area contributed by atoms with E-state index in [1.165, 1.54) is 17.6 Å². The zero-order valence-electron chi connectivity index (χ0n) is 11.0. The van der Waals surface area contributed by atoms with E-state index in [1.807, 2.05) is 12.3 Å². The molecule has 0 amide bonds. The summed E-state index contributed by atoms with van der Waals surface area (Å²) in [5.41, 5.74) is 0.908. The molecule has 1 aliphatic rings. The third-order valence-corrected chi connectivity index (χ3v) is 7.08. The molecule has 3 nitrogen and oxygen atoms in total. The van der Waals surface area contributed by atoms with E-state index in [0.717, 1.165) is 18.4 Å². The van der Waals surface area contributed by atoms with E-state index in [4.69, 9.17) is 11.6 Å². The van der Waals surface area contributed by atoms with Gasteiger partial charge in [0.25, 0.3) is 0 Å². The quantitative estimate of drug-likeness (QED) is 0.801. The predicted octanol–water partition coefficient (Wildman–Crippen LogP) is 3.50. The topological polar surface area (TPSA) is 51.2 Å².